The minimum absolute atomic E-state index is 0.0258. The van der Waals surface area contributed by atoms with Crippen LogP contribution in [0.5, 0.6) is 0 Å². The molecule has 2 rings (SSSR count). The van der Waals surface area contributed by atoms with Gasteiger partial charge >= 0.3 is 5.97 Å². The first-order valence-corrected chi connectivity index (χ1v) is 8.98. The van der Waals surface area contributed by atoms with Crippen molar-refractivity contribution in [3.63, 3.8) is 0 Å². The summed E-state index contributed by atoms with van der Waals surface area (Å²) in [7, 11) is 0. The van der Waals surface area contributed by atoms with Crippen LogP contribution in [0.4, 0.5) is 5.69 Å². The second-order valence-electron chi connectivity index (χ2n) is 5.35. The number of rotatable bonds is 5. The third-order valence-corrected chi connectivity index (χ3v) is 5.03. The lowest BCUT2D eigenvalue weighted by Gasteiger charge is -2.27. The predicted octanol–water partition coefficient (Wildman–Crippen LogP) is 2.14. The molecule has 0 unspecified atom stereocenters. The molecule has 1 aromatic rings. The molecule has 0 aliphatic carbocycles. The average Bonchev–Trinajstić information content (AvgIpc) is 2.53. The standard InChI is InChI=1S/C16H19ClN2O4S/c1-3-23-16(22)12-8-24-13(15(21)19-12)7-14(20)18-11-6-10(17)5-4-9(11)2/h4-6,12-13H,3,7-8H2,1-2H3,(H,18,20)(H,19,21)/t12-,13-/m1/s1. The monoisotopic (exact) mass is 370 g/mol. The predicted molar refractivity (Wildman–Crippen MR) is 94.2 cm³/mol. The Morgan fingerprint density at radius 1 is 1.46 bits per heavy atom. The minimum atomic E-state index is -0.656. The van der Waals surface area contributed by atoms with Gasteiger partial charge in [-0.2, -0.15) is 0 Å². The number of ether oxygens (including phenoxy) is 1. The topological polar surface area (TPSA) is 84.5 Å². The summed E-state index contributed by atoms with van der Waals surface area (Å²) in [5, 5.41) is 5.36. The highest BCUT2D eigenvalue weighted by Gasteiger charge is 2.34. The maximum atomic E-state index is 12.2. The molecule has 1 aliphatic rings. The van der Waals surface area contributed by atoms with E-state index in [1.807, 2.05) is 13.0 Å². The zero-order chi connectivity index (χ0) is 17.7. The first-order chi connectivity index (χ1) is 11.4. The van der Waals surface area contributed by atoms with Gasteiger partial charge in [-0.15, -0.1) is 11.8 Å². The van der Waals surface area contributed by atoms with Crippen molar-refractivity contribution in [2.24, 2.45) is 0 Å². The van der Waals surface area contributed by atoms with Crippen molar-refractivity contribution in [1.82, 2.24) is 5.32 Å². The molecular formula is C16H19ClN2O4S. The van der Waals surface area contributed by atoms with Crippen LogP contribution in [0.15, 0.2) is 18.2 Å². The van der Waals surface area contributed by atoms with E-state index in [-0.39, 0.29) is 24.8 Å². The van der Waals surface area contributed by atoms with Gasteiger partial charge in [0.25, 0.3) is 0 Å². The number of thioether (sulfide) groups is 1. The molecule has 2 N–H and O–H groups in total. The number of halogens is 1. The van der Waals surface area contributed by atoms with Crippen molar-refractivity contribution in [2.75, 3.05) is 17.7 Å². The van der Waals surface area contributed by atoms with Crippen LogP contribution in [0.3, 0.4) is 0 Å². The molecule has 1 aliphatic heterocycles. The van der Waals surface area contributed by atoms with Crippen LogP contribution in [0.1, 0.15) is 18.9 Å². The highest BCUT2D eigenvalue weighted by molar-refractivity contribution is 8.00. The molecule has 0 saturated carbocycles. The summed E-state index contributed by atoms with van der Waals surface area (Å²) in [6.07, 6.45) is 0.0258. The summed E-state index contributed by atoms with van der Waals surface area (Å²) in [4.78, 5) is 35.9. The molecule has 1 fully saturated rings. The van der Waals surface area contributed by atoms with Crippen LogP contribution in [0, 0.1) is 6.92 Å². The summed E-state index contributed by atoms with van der Waals surface area (Å²) in [5.74, 6) is -0.667. The Hall–Kier alpha value is -1.73. The van der Waals surface area contributed by atoms with E-state index in [2.05, 4.69) is 10.6 Å². The fraction of sp³-hybridized carbons (Fsp3) is 0.438. The Morgan fingerprint density at radius 2 is 2.21 bits per heavy atom. The van der Waals surface area contributed by atoms with Gasteiger partial charge in [0.15, 0.2) is 0 Å². The van der Waals surface area contributed by atoms with E-state index in [1.54, 1.807) is 19.1 Å². The molecule has 0 bridgehead atoms. The third-order valence-electron chi connectivity index (χ3n) is 3.49. The van der Waals surface area contributed by atoms with Crippen LogP contribution in [-0.2, 0) is 19.1 Å². The van der Waals surface area contributed by atoms with E-state index in [9.17, 15) is 14.4 Å². The molecule has 24 heavy (non-hydrogen) atoms. The average molecular weight is 371 g/mol. The Kier molecular flexibility index (Phi) is 6.51. The highest BCUT2D eigenvalue weighted by Crippen LogP contribution is 2.24. The molecule has 2 amide bonds. The second kappa shape index (κ2) is 8.39. The highest BCUT2D eigenvalue weighted by atomic mass is 35.5. The Bertz CT molecular complexity index is 653. The van der Waals surface area contributed by atoms with Crippen molar-refractivity contribution in [3.05, 3.63) is 28.8 Å². The van der Waals surface area contributed by atoms with Crippen LogP contribution in [0.25, 0.3) is 0 Å². The maximum absolute atomic E-state index is 12.2. The van der Waals surface area contributed by atoms with Gasteiger partial charge in [0.2, 0.25) is 11.8 Å². The van der Waals surface area contributed by atoms with Gasteiger partial charge in [-0.05, 0) is 31.5 Å². The fourth-order valence-corrected chi connectivity index (χ4v) is 3.52. The Labute approximate surface area is 149 Å². The van der Waals surface area contributed by atoms with Crippen LogP contribution in [-0.4, -0.2) is 41.4 Å². The molecule has 2 atom stereocenters. The normalized spacial score (nSPS) is 20.2. The number of nitrogens with one attached hydrogen (secondary N) is 2. The number of hydrogen-bond acceptors (Lipinski definition) is 5. The number of amides is 2. The van der Waals surface area contributed by atoms with Crippen molar-refractivity contribution >= 4 is 46.8 Å². The number of aryl methyl sites for hydroxylation is 1. The molecule has 0 aromatic heterocycles. The number of benzene rings is 1. The van der Waals surface area contributed by atoms with E-state index in [0.717, 1.165) is 5.56 Å². The molecular weight excluding hydrogens is 352 g/mol. The molecule has 0 radical (unpaired) electrons. The van der Waals surface area contributed by atoms with Crippen molar-refractivity contribution < 1.29 is 19.1 Å². The summed E-state index contributed by atoms with van der Waals surface area (Å²) < 4.78 is 4.89. The fourth-order valence-electron chi connectivity index (χ4n) is 2.21. The molecule has 6 nitrogen and oxygen atoms in total. The molecule has 8 heteroatoms. The summed E-state index contributed by atoms with van der Waals surface area (Å²) in [6, 6.07) is 4.56. The van der Waals surface area contributed by atoms with E-state index in [0.29, 0.717) is 16.5 Å². The first-order valence-electron chi connectivity index (χ1n) is 7.55. The lowest BCUT2D eigenvalue weighted by Crippen LogP contribution is -2.51. The van der Waals surface area contributed by atoms with E-state index in [4.69, 9.17) is 16.3 Å². The second-order valence-corrected chi connectivity index (χ2v) is 7.02. The van der Waals surface area contributed by atoms with Crippen molar-refractivity contribution in [3.8, 4) is 0 Å². The van der Waals surface area contributed by atoms with Crippen LogP contribution in [0.2, 0.25) is 5.02 Å². The zero-order valence-electron chi connectivity index (χ0n) is 13.4. The zero-order valence-corrected chi connectivity index (χ0v) is 15.0. The smallest absolute Gasteiger partial charge is 0.329 e. The SMILES string of the molecule is CCOC(=O)[C@H]1CS[C@H](CC(=O)Nc2cc(Cl)ccc2C)C(=O)N1. The van der Waals surface area contributed by atoms with Gasteiger partial charge in [-0.1, -0.05) is 17.7 Å². The number of carbonyl (C=O) groups is 3. The van der Waals surface area contributed by atoms with Gasteiger partial charge in [0.05, 0.1) is 11.9 Å². The van der Waals surface area contributed by atoms with Gasteiger partial charge < -0.3 is 15.4 Å². The molecule has 1 heterocycles. The van der Waals surface area contributed by atoms with Gasteiger partial charge in [-0.25, -0.2) is 4.79 Å². The maximum Gasteiger partial charge on any atom is 0.329 e. The molecule has 0 spiro atoms. The number of carbonyl (C=O) groups excluding carboxylic acids is 3. The molecule has 1 aromatic carbocycles. The minimum Gasteiger partial charge on any atom is -0.464 e. The molecule has 1 saturated heterocycles. The first kappa shape index (κ1) is 18.6. The van der Waals surface area contributed by atoms with Gasteiger partial charge in [-0.3, -0.25) is 9.59 Å². The lowest BCUT2D eigenvalue weighted by atomic mass is 10.2. The van der Waals surface area contributed by atoms with E-state index < -0.39 is 17.3 Å². The lowest BCUT2D eigenvalue weighted by molar-refractivity contribution is -0.146. The number of anilines is 1. The Morgan fingerprint density at radius 3 is 2.88 bits per heavy atom. The van der Waals surface area contributed by atoms with Crippen molar-refractivity contribution in [1.29, 1.82) is 0 Å². The number of hydrogen-bond donors (Lipinski definition) is 2. The third kappa shape index (κ3) is 4.88. The van der Waals surface area contributed by atoms with Crippen LogP contribution < -0.4 is 10.6 Å². The summed E-state index contributed by atoms with van der Waals surface area (Å²) in [5.41, 5.74) is 1.51. The molecule has 130 valence electrons. The van der Waals surface area contributed by atoms with Crippen LogP contribution >= 0.6 is 23.4 Å². The number of esters is 1. The quantitative estimate of drug-likeness (QED) is 0.776. The van der Waals surface area contributed by atoms with Crippen molar-refractivity contribution in [2.45, 2.75) is 31.6 Å². The van der Waals surface area contributed by atoms with E-state index >= 15 is 0 Å². The summed E-state index contributed by atoms with van der Waals surface area (Å²) >= 11 is 7.20. The van der Waals surface area contributed by atoms with Gasteiger partial charge in [0, 0.05) is 22.9 Å². The van der Waals surface area contributed by atoms with Gasteiger partial charge in [0.1, 0.15) is 6.04 Å². The Balaban J connectivity index is 1.90. The van der Waals surface area contributed by atoms with E-state index in [1.165, 1.54) is 11.8 Å². The largest absolute Gasteiger partial charge is 0.464 e. The summed E-state index contributed by atoms with van der Waals surface area (Å²) in [6.45, 7) is 3.83.